The second-order valence-electron chi connectivity index (χ2n) is 8.59. The monoisotopic (exact) mass is 580 g/mol. The highest BCUT2D eigenvalue weighted by Gasteiger charge is 2.57. The summed E-state index contributed by atoms with van der Waals surface area (Å²) in [4.78, 5) is 0. The van der Waals surface area contributed by atoms with Crippen LogP contribution in [0.1, 0.15) is 16.7 Å². The molecule has 0 aliphatic rings. The second kappa shape index (κ2) is 10.3. The van der Waals surface area contributed by atoms with Gasteiger partial charge in [0, 0.05) is 51.5 Å². The number of quaternary nitrogens is 1. The molecule has 6 N–H and O–H groups in total. The summed E-state index contributed by atoms with van der Waals surface area (Å²) in [6.07, 6.45) is -4.39. The predicted octanol–water partition coefficient (Wildman–Crippen LogP) is 4.22. The lowest BCUT2D eigenvalue weighted by molar-refractivity contribution is -0.478. The first-order valence-electron chi connectivity index (χ1n) is 11.1. The van der Waals surface area contributed by atoms with Gasteiger partial charge in [-0.05, 0) is 42.0 Å². The molecule has 6 nitrogen and oxygen atoms in total. The van der Waals surface area contributed by atoms with Gasteiger partial charge in [0.2, 0.25) is 5.60 Å². The number of nitrogens with one attached hydrogen (secondary N) is 1. The Balaban J connectivity index is 1.88. The average Bonchev–Trinajstić information content (AvgIpc) is 3.21. The molecule has 2 atom stereocenters. The highest BCUT2D eigenvalue weighted by atomic mass is 79.9. The first-order chi connectivity index (χ1) is 17.5. The fraction of sp³-hybridized carbons (Fsp3) is 0.192. The number of benzene rings is 3. The van der Waals surface area contributed by atoms with Crippen molar-refractivity contribution >= 4 is 44.4 Å². The van der Waals surface area contributed by atoms with Crippen LogP contribution in [0.3, 0.4) is 0 Å². The molecule has 0 radical (unpaired) electrons. The van der Waals surface area contributed by atoms with Crippen LogP contribution in [-0.4, -0.2) is 45.0 Å². The maximum Gasteiger partial charge on any atom is 0.425 e. The number of fused-ring (bicyclic) bond motifs is 1. The Morgan fingerprint density at radius 3 is 2.38 bits per heavy atom. The van der Waals surface area contributed by atoms with Crippen LogP contribution in [0, 0.1) is 11.2 Å². The highest BCUT2D eigenvalue weighted by molar-refractivity contribution is 9.10. The summed E-state index contributed by atoms with van der Waals surface area (Å²) in [5, 5.41) is 40.1. The number of nitrogens with zero attached hydrogens (tertiary/aromatic N) is 1. The van der Waals surface area contributed by atoms with Crippen molar-refractivity contribution in [2.75, 3.05) is 6.61 Å². The Morgan fingerprint density at radius 2 is 1.76 bits per heavy atom. The Morgan fingerprint density at radius 1 is 1.05 bits per heavy atom. The minimum absolute atomic E-state index is 0.103. The molecule has 0 bridgehead atoms. The van der Waals surface area contributed by atoms with Crippen LogP contribution in [0.25, 0.3) is 10.9 Å². The second-order valence-corrected chi connectivity index (χ2v) is 9.50. The van der Waals surface area contributed by atoms with E-state index in [2.05, 4.69) is 15.9 Å². The topological polar surface area (TPSA) is 106 Å². The number of rotatable bonds is 8. The van der Waals surface area contributed by atoms with E-state index in [0.29, 0.717) is 21.4 Å². The van der Waals surface area contributed by atoms with Gasteiger partial charge in [0.1, 0.15) is 17.2 Å². The molecule has 37 heavy (non-hydrogen) atoms. The summed E-state index contributed by atoms with van der Waals surface area (Å²) in [7, 11) is 0. The van der Waals surface area contributed by atoms with E-state index >= 15 is 0 Å². The molecule has 0 saturated carbocycles. The molecule has 0 spiro atoms. The lowest BCUT2D eigenvalue weighted by atomic mass is 9.84. The van der Waals surface area contributed by atoms with Crippen LogP contribution < -0.4 is 5.32 Å². The van der Waals surface area contributed by atoms with Gasteiger partial charge in [0.05, 0.1) is 24.8 Å². The molecule has 1 aromatic heterocycles. The van der Waals surface area contributed by atoms with Crippen molar-refractivity contribution < 1.29 is 38.2 Å². The van der Waals surface area contributed by atoms with Gasteiger partial charge in [-0.15, -0.1) is 0 Å². The van der Waals surface area contributed by atoms with Crippen LogP contribution in [0.5, 0.6) is 0 Å². The lowest BCUT2D eigenvalue weighted by Crippen LogP contribution is -2.71. The van der Waals surface area contributed by atoms with Crippen LogP contribution in [0.15, 0.2) is 71.3 Å². The van der Waals surface area contributed by atoms with E-state index in [1.54, 1.807) is 17.4 Å². The number of hydrogen-bond acceptors (Lipinski definition) is 4. The molecule has 4 aromatic rings. The molecule has 0 aliphatic carbocycles. The summed E-state index contributed by atoms with van der Waals surface area (Å²) in [6, 6.07) is 13.6. The zero-order valence-electron chi connectivity index (χ0n) is 19.2. The van der Waals surface area contributed by atoms with Gasteiger partial charge < -0.3 is 25.3 Å². The molecule has 3 aromatic carbocycles. The zero-order chi connectivity index (χ0) is 27.0. The van der Waals surface area contributed by atoms with Crippen LogP contribution in [0.2, 0.25) is 0 Å². The van der Waals surface area contributed by atoms with Gasteiger partial charge in [0.15, 0.2) is 0 Å². The van der Waals surface area contributed by atoms with Crippen LogP contribution >= 0.6 is 15.9 Å². The van der Waals surface area contributed by atoms with Crippen molar-refractivity contribution in [3.8, 4) is 0 Å². The molecule has 11 heteroatoms. The van der Waals surface area contributed by atoms with Gasteiger partial charge in [-0.3, -0.25) is 5.32 Å². The third-order valence-electron chi connectivity index (χ3n) is 6.11. The number of nitrogens with two attached hydrogens (primary N) is 1. The average molecular weight is 581 g/mol. The quantitative estimate of drug-likeness (QED) is 0.122. The Kier molecular flexibility index (Phi) is 7.54. The summed E-state index contributed by atoms with van der Waals surface area (Å²) >= 11 is 3.29. The van der Waals surface area contributed by atoms with Crippen LogP contribution in [0.4, 0.5) is 28.9 Å². The first kappa shape index (κ1) is 27.0. The summed E-state index contributed by atoms with van der Waals surface area (Å²) in [5.41, 5.74) is -2.99. The maximum absolute atomic E-state index is 14.7. The minimum atomic E-state index is -5.16. The van der Waals surface area contributed by atoms with E-state index in [1.807, 2.05) is 0 Å². The molecule has 0 aliphatic heterocycles. The van der Waals surface area contributed by atoms with Gasteiger partial charge in [-0.2, -0.15) is 13.2 Å². The van der Waals surface area contributed by atoms with Crippen molar-refractivity contribution in [3.05, 3.63) is 93.8 Å². The van der Waals surface area contributed by atoms with Crippen molar-refractivity contribution in [2.24, 2.45) is 0 Å². The smallest absolute Gasteiger partial charge is 0.394 e. The van der Waals surface area contributed by atoms with E-state index in [1.165, 1.54) is 41.0 Å². The molecular weight excluding hydrogens is 558 g/mol. The molecule has 4 rings (SSSR count). The SMILES string of the molecule is N=Cc1cc(C(O)(c2cn(CC(O)CO)c3cc(Br)ccc23)C(F)(F)F)ccc1[NH2+]c1ccc(F)cc1. The molecule has 1 heterocycles. The maximum atomic E-state index is 14.7. The fourth-order valence-corrected chi connectivity index (χ4v) is 4.60. The van der Waals surface area contributed by atoms with E-state index in [-0.39, 0.29) is 17.5 Å². The molecular formula is C26H23BrF4N3O3+. The summed E-state index contributed by atoms with van der Waals surface area (Å²) in [5.74, 6) is -0.437. The van der Waals surface area contributed by atoms with E-state index in [0.717, 1.165) is 24.5 Å². The zero-order valence-corrected chi connectivity index (χ0v) is 20.8. The Labute approximate surface area is 217 Å². The summed E-state index contributed by atoms with van der Waals surface area (Å²) in [6.45, 7) is -0.796. The minimum Gasteiger partial charge on any atom is -0.394 e. The summed E-state index contributed by atoms with van der Waals surface area (Å²) < 4.78 is 59.2. The van der Waals surface area contributed by atoms with Crippen molar-refractivity contribution in [3.63, 3.8) is 0 Å². The molecule has 0 fully saturated rings. The fourth-order valence-electron chi connectivity index (χ4n) is 4.26. The molecule has 0 amide bonds. The number of hydrogen-bond donors (Lipinski definition) is 5. The molecule has 194 valence electrons. The third-order valence-corrected chi connectivity index (χ3v) is 6.61. The van der Waals surface area contributed by atoms with Crippen molar-refractivity contribution in [1.29, 1.82) is 5.41 Å². The van der Waals surface area contributed by atoms with Gasteiger partial charge in [0.25, 0.3) is 0 Å². The van der Waals surface area contributed by atoms with E-state index in [9.17, 15) is 32.9 Å². The highest BCUT2D eigenvalue weighted by Crippen LogP contribution is 2.47. The van der Waals surface area contributed by atoms with Gasteiger partial charge >= 0.3 is 6.18 Å². The first-order valence-corrected chi connectivity index (χ1v) is 11.9. The molecule has 0 saturated heterocycles. The van der Waals surface area contributed by atoms with Crippen molar-refractivity contribution in [1.82, 2.24) is 4.57 Å². The van der Waals surface area contributed by atoms with E-state index in [4.69, 9.17) is 5.41 Å². The predicted molar refractivity (Wildman–Crippen MR) is 134 cm³/mol. The van der Waals surface area contributed by atoms with Gasteiger partial charge in [-0.25, -0.2) is 4.39 Å². The number of alkyl halides is 3. The Hall–Kier alpha value is -3.09. The lowest BCUT2D eigenvalue weighted by Gasteiger charge is -2.31. The van der Waals surface area contributed by atoms with E-state index < -0.39 is 41.4 Å². The van der Waals surface area contributed by atoms with Gasteiger partial charge in [-0.1, -0.05) is 22.0 Å². The largest absolute Gasteiger partial charge is 0.425 e. The standard InChI is InChI=1S/C26H22BrF4N3O3/c27-17-2-7-21-22(13-34(24(21)10-17)12-20(36)14-35)25(37,26(29,30)31)16-1-8-23(15(9-16)11-32)33-19-5-3-18(28)4-6-19/h1-11,13,20,32-33,35-37H,12,14H2/p+1. The number of halogens is 5. The van der Waals surface area contributed by atoms with Crippen molar-refractivity contribution in [2.45, 2.75) is 24.4 Å². The number of aromatic nitrogens is 1. The third kappa shape index (κ3) is 5.18. The number of aliphatic hydroxyl groups is 3. The van der Waals surface area contributed by atoms with Crippen LogP contribution in [-0.2, 0) is 12.1 Å². The Bertz CT molecular complexity index is 1440. The number of aliphatic hydroxyl groups excluding tert-OH is 2. The molecule has 2 unspecified atom stereocenters. The normalized spacial score (nSPS) is 14.5.